The molecule has 0 fully saturated rings. The Morgan fingerprint density at radius 3 is 2.90 bits per heavy atom. The van der Waals surface area contributed by atoms with Crippen molar-refractivity contribution in [3.8, 4) is 6.07 Å². The molecule has 0 spiro atoms. The lowest BCUT2D eigenvalue weighted by Gasteiger charge is -1.86. The fraction of sp³-hybridized carbons (Fsp3) is 0.625. The normalized spacial score (nSPS) is 9.30. The highest BCUT2D eigenvalue weighted by Gasteiger charge is 1.86. The summed E-state index contributed by atoms with van der Waals surface area (Å²) in [4.78, 5) is 0. The summed E-state index contributed by atoms with van der Waals surface area (Å²) >= 11 is 0. The van der Waals surface area contributed by atoms with E-state index in [1.165, 1.54) is 0 Å². The van der Waals surface area contributed by atoms with Crippen LogP contribution in [-0.2, 0) is 0 Å². The minimum Gasteiger partial charge on any atom is -0.498 e. The topological polar surface area (TPSA) is 27.4 Å². The SMILES string of the molecule is C/C=C\CCCCC#[N+][O-]. The van der Waals surface area contributed by atoms with Crippen LogP contribution in [-0.4, -0.2) is 0 Å². The molecule has 0 bridgehead atoms. The van der Waals surface area contributed by atoms with E-state index in [-0.39, 0.29) is 0 Å². The second kappa shape index (κ2) is 8.03. The van der Waals surface area contributed by atoms with Crippen LogP contribution in [0.25, 0.3) is 5.01 Å². The Bertz CT molecular complexity index is 141. The van der Waals surface area contributed by atoms with E-state index in [1.54, 1.807) is 0 Å². The molecule has 0 rings (SSSR count). The molecule has 0 aliphatic heterocycles. The number of hydrogen-bond donors (Lipinski definition) is 0. The lowest BCUT2D eigenvalue weighted by Crippen LogP contribution is -1.71. The number of unbranched alkanes of at least 4 members (excludes halogenated alkanes) is 3. The van der Waals surface area contributed by atoms with Crippen molar-refractivity contribution in [1.29, 1.82) is 0 Å². The predicted octanol–water partition coefficient (Wildman–Crippen LogP) is 2.95. The first kappa shape index (κ1) is 9.03. The van der Waals surface area contributed by atoms with Gasteiger partial charge in [-0.1, -0.05) is 12.2 Å². The summed E-state index contributed by atoms with van der Waals surface area (Å²) in [6, 6.07) is 2.37. The second-order valence-electron chi connectivity index (χ2n) is 2.06. The first-order valence-electron chi connectivity index (χ1n) is 3.58. The zero-order chi connectivity index (χ0) is 7.66. The van der Waals surface area contributed by atoms with Crippen LogP contribution in [0.2, 0.25) is 0 Å². The summed E-state index contributed by atoms with van der Waals surface area (Å²) in [5, 5.41) is 12.1. The lowest BCUT2D eigenvalue weighted by atomic mass is 10.2. The summed E-state index contributed by atoms with van der Waals surface area (Å²) in [7, 11) is 0. The van der Waals surface area contributed by atoms with Gasteiger partial charge in [0.25, 0.3) is 6.07 Å². The van der Waals surface area contributed by atoms with Gasteiger partial charge in [0.2, 0.25) is 0 Å². The Labute approximate surface area is 62.0 Å². The molecule has 0 saturated heterocycles. The van der Waals surface area contributed by atoms with Gasteiger partial charge in [0.15, 0.2) is 0 Å². The third kappa shape index (κ3) is 7.03. The van der Waals surface area contributed by atoms with Crippen molar-refractivity contribution in [3.05, 3.63) is 22.4 Å². The third-order valence-electron chi connectivity index (χ3n) is 1.21. The summed E-state index contributed by atoms with van der Waals surface area (Å²) in [6.07, 6.45) is 8.07. The van der Waals surface area contributed by atoms with Gasteiger partial charge in [0.05, 0.1) is 6.42 Å². The number of nitrogens with zero attached hydrogens (tertiary/aromatic N) is 1. The highest BCUT2D eigenvalue weighted by Crippen LogP contribution is 1.99. The molecule has 0 atom stereocenters. The molecule has 0 aliphatic carbocycles. The molecular weight excluding hydrogens is 126 g/mol. The molecule has 0 aromatic heterocycles. The zero-order valence-corrected chi connectivity index (χ0v) is 6.34. The largest absolute Gasteiger partial charge is 0.498 e. The van der Waals surface area contributed by atoms with Gasteiger partial charge in [-0.2, -0.15) is 0 Å². The molecule has 0 unspecified atom stereocenters. The first-order chi connectivity index (χ1) is 4.91. The van der Waals surface area contributed by atoms with E-state index in [0.717, 1.165) is 19.3 Å². The average Bonchev–Trinajstić information content (AvgIpc) is 1.97. The molecule has 0 aliphatic rings. The van der Waals surface area contributed by atoms with Gasteiger partial charge in [0, 0.05) is 5.01 Å². The maximum atomic E-state index is 9.52. The summed E-state index contributed by atoms with van der Waals surface area (Å²) < 4.78 is 0. The fourth-order valence-electron chi connectivity index (χ4n) is 0.679. The Balaban J connectivity index is 2.95. The molecule has 10 heavy (non-hydrogen) atoms. The maximum Gasteiger partial charge on any atom is 0.298 e. The van der Waals surface area contributed by atoms with Gasteiger partial charge in [-0.15, -0.1) is 0 Å². The average molecular weight is 139 g/mol. The van der Waals surface area contributed by atoms with Crippen molar-refractivity contribution in [2.45, 2.75) is 32.6 Å². The van der Waals surface area contributed by atoms with Gasteiger partial charge >= 0.3 is 0 Å². The molecule has 0 saturated carbocycles. The standard InChI is InChI=1S/C8H13NO/c1-2-3-4-5-6-7-8-9-10/h2-3H,4-7H2,1H3/b3-2-. The van der Waals surface area contributed by atoms with Crippen molar-refractivity contribution in [2.24, 2.45) is 0 Å². The van der Waals surface area contributed by atoms with E-state index in [1.807, 2.05) is 13.0 Å². The molecule has 56 valence electrons. The fourth-order valence-corrected chi connectivity index (χ4v) is 0.679. The second-order valence-corrected chi connectivity index (χ2v) is 2.06. The molecular formula is C8H13NO. The van der Waals surface area contributed by atoms with Crippen LogP contribution in [0.15, 0.2) is 12.2 Å². The third-order valence-corrected chi connectivity index (χ3v) is 1.21. The molecule has 0 aromatic rings. The van der Waals surface area contributed by atoms with Gasteiger partial charge < -0.3 is 5.21 Å². The van der Waals surface area contributed by atoms with Crippen molar-refractivity contribution >= 4 is 0 Å². The Hall–Kier alpha value is -0.970. The Kier molecular flexibility index (Phi) is 7.25. The van der Waals surface area contributed by atoms with Gasteiger partial charge in [-0.25, -0.2) is 0 Å². The molecule has 2 nitrogen and oxygen atoms in total. The molecule has 0 aromatic carbocycles. The Morgan fingerprint density at radius 1 is 1.50 bits per heavy atom. The van der Waals surface area contributed by atoms with Crippen molar-refractivity contribution in [1.82, 2.24) is 0 Å². The minimum atomic E-state index is 0.695. The summed E-state index contributed by atoms with van der Waals surface area (Å²) in [5.41, 5.74) is 0. The van der Waals surface area contributed by atoms with Crippen LogP contribution in [0.4, 0.5) is 0 Å². The zero-order valence-electron chi connectivity index (χ0n) is 6.34. The van der Waals surface area contributed by atoms with E-state index in [0.29, 0.717) is 6.42 Å². The van der Waals surface area contributed by atoms with E-state index >= 15 is 0 Å². The number of allylic oxidation sites excluding steroid dienone is 2. The Morgan fingerprint density at radius 2 is 2.30 bits per heavy atom. The van der Waals surface area contributed by atoms with E-state index in [2.05, 4.69) is 17.2 Å². The van der Waals surface area contributed by atoms with Crippen molar-refractivity contribution < 1.29 is 0 Å². The van der Waals surface area contributed by atoms with Crippen LogP contribution in [0.1, 0.15) is 32.6 Å². The molecule has 2 heteroatoms. The predicted molar refractivity (Wildman–Crippen MR) is 43.9 cm³/mol. The lowest BCUT2D eigenvalue weighted by molar-refractivity contribution is 0.771. The maximum absolute atomic E-state index is 9.52. The van der Waals surface area contributed by atoms with E-state index in [4.69, 9.17) is 0 Å². The molecule has 0 amide bonds. The van der Waals surface area contributed by atoms with Gasteiger partial charge in [-0.3, -0.25) is 0 Å². The molecule has 0 heterocycles. The van der Waals surface area contributed by atoms with Crippen molar-refractivity contribution in [2.75, 3.05) is 0 Å². The van der Waals surface area contributed by atoms with Crippen LogP contribution in [0.3, 0.4) is 0 Å². The highest BCUT2D eigenvalue weighted by molar-refractivity contribution is 4.86. The summed E-state index contributed by atoms with van der Waals surface area (Å²) in [6.45, 7) is 2.01. The molecule has 0 radical (unpaired) electrons. The van der Waals surface area contributed by atoms with Crippen LogP contribution < -0.4 is 0 Å². The first-order valence-corrected chi connectivity index (χ1v) is 3.58. The van der Waals surface area contributed by atoms with E-state index < -0.39 is 0 Å². The number of hydrogen-bond acceptors (Lipinski definition) is 1. The van der Waals surface area contributed by atoms with Gasteiger partial charge in [0.1, 0.15) is 0 Å². The van der Waals surface area contributed by atoms with Crippen LogP contribution in [0.5, 0.6) is 0 Å². The quantitative estimate of drug-likeness (QED) is 0.334. The molecule has 0 N–H and O–H groups in total. The van der Waals surface area contributed by atoms with E-state index in [9.17, 15) is 5.21 Å². The van der Waals surface area contributed by atoms with Gasteiger partial charge in [-0.05, 0) is 26.2 Å². The smallest absolute Gasteiger partial charge is 0.298 e. The minimum absolute atomic E-state index is 0.695. The van der Waals surface area contributed by atoms with Crippen LogP contribution >= 0.6 is 0 Å². The summed E-state index contributed by atoms with van der Waals surface area (Å²) in [5.74, 6) is 0. The monoisotopic (exact) mass is 139 g/mol. The van der Waals surface area contributed by atoms with Crippen LogP contribution in [0, 0.1) is 11.3 Å². The number of rotatable bonds is 4. The van der Waals surface area contributed by atoms with Crippen molar-refractivity contribution in [3.63, 3.8) is 0 Å². The highest BCUT2D eigenvalue weighted by atomic mass is 16.4.